The first-order chi connectivity index (χ1) is 24.2. The number of hydrogen-bond donors (Lipinski definition) is 1. The Labute approximate surface area is 314 Å². The van der Waals surface area contributed by atoms with Crippen LogP contribution in [-0.2, 0) is 31.3 Å². The van der Waals surface area contributed by atoms with Crippen molar-refractivity contribution in [3.63, 3.8) is 0 Å². The van der Waals surface area contributed by atoms with Gasteiger partial charge in [-0.1, -0.05) is 102 Å². The second-order valence-corrected chi connectivity index (χ2v) is 13.9. The molecule has 7 aromatic rings. The molecule has 5 nitrogen and oxygen atoms in total. The van der Waals surface area contributed by atoms with Gasteiger partial charge in [-0.25, -0.2) is 0 Å². The minimum atomic E-state index is 0. The van der Waals surface area contributed by atoms with Gasteiger partial charge in [0.15, 0.2) is 5.78 Å². The quantitative estimate of drug-likeness (QED) is 0.0842. The molecule has 0 bridgehead atoms. The predicted octanol–water partition coefficient (Wildman–Crippen LogP) is 12.9. The average Bonchev–Trinajstić information content (AvgIpc) is 3.67. The van der Waals surface area contributed by atoms with E-state index in [0.29, 0.717) is 5.92 Å². The third kappa shape index (κ3) is 7.68. The molecule has 7 rings (SSSR count). The number of aliphatic hydroxyl groups excluding tert-OH is 1. The van der Waals surface area contributed by atoms with Crippen molar-refractivity contribution in [2.24, 2.45) is 17.8 Å². The second-order valence-electron chi connectivity index (χ2n) is 13.9. The fraction of sp³-hybridized carbons (Fsp3) is 0.333. The molecule has 0 unspecified atom stereocenters. The van der Waals surface area contributed by atoms with E-state index in [1.807, 2.05) is 58.2 Å². The van der Waals surface area contributed by atoms with Gasteiger partial charge in [0.25, 0.3) is 0 Å². The Balaban J connectivity index is 0.000000271. The van der Waals surface area contributed by atoms with Crippen LogP contribution < -0.4 is 0 Å². The number of fused-ring (bicyclic) bond motifs is 8. The Hall–Kier alpha value is -4.25. The van der Waals surface area contributed by atoms with E-state index in [9.17, 15) is 9.90 Å². The van der Waals surface area contributed by atoms with Gasteiger partial charge < -0.3 is 18.9 Å². The van der Waals surface area contributed by atoms with Crippen molar-refractivity contribution in [1.82, 2.24) is 4.98 Å². The molecule has 1 N–H and O–H groups in total. The first-order valence-corrected chi connectivity index (χ1v) is 18.2. The minimum absolute atomic E-state index is 0. The van der Waals surface area contributed by atoms with Gasteiger partial charge in [0.1, 0.15) is 16.7 Å². The van der Waals surface area contributed by atoms with Crippen LogP contribution in [-0.4, -0.2) is 15.9 Å². The van der Waals surface area contributed by atoms with E-state index in [1.165, 1.54) is 11.6 Å². The Bertz CT molecular complexity index is 2340. The van der Waals surface area contributed by atoms with E-state index >= 15 is 0 Å². The molecule has 0 aliphatic carbocycles. The van der Waals surface area contributed by atoms with E-state index in [2.05, 4.69) is 69.3 Å². The number of para-hydroxylation sites is 1. The van der Waals surface area contributed by atoms with E-state index < -0.39 is 0 Å². The molecule has 6 heteroatoms. The minimum Gasteiger partial charge on any atom is -0.512 e. The number of allylic oxidation sites excluding steroid dienone is 2. The molecule has 51 heavy (non-hydrogen) atoms. The van der Waals surface area contributed by atoms with Crippen molar-refractivity contribution in [1.29, 1.82) is 0 Å². The molecule has 0 aliphatic rings. The summed E-state index contributed by atoms with van der Waals surface area (Å²) in [6.07, 6.45) is 7.81. The third-order valence-corrected chi connectivity index (χ3v) is 9.95. The van der Waals surface area contributed by atoms with Crippen LogP contribution >= 0.6 is 0 Å². The van der Waals surface area contributed by atoms with Crippen LogP contribution in [0.1, 0.15) is 78.4 Å². The largest absolute Gasteiger partial charge is 0.512 e. The maximum Gasteiger partial charge on any atom is 0.162 e. The molecule has 3 heterocycles. The Morgan fingerprint density at radius 1 is 0.765 bits per heavy atom. The van der Waals surface area contributed by atoms with E-state index in [4.69, 9.17) is 13.8 Å². The summed E-state index contributed by atoms with van der Waals surface area (Å²) in [4.78, 5) is 16.5. The first-order valence-electron chi connectivity index (χ1n) is 18.2. The smallest absolute Gasteiger partial charge is 0.162 e. The zero-order chi connectivity index (χ0) is 35.5. The number of benzene rings is 4. The molecule has 4 aromatic carbocycles. The Morgan fingerprint density at radius 2 is 1.39 bits per heavy atom. The van der Waals surface area contributed by atoms with Crippen LogP contribution in [0.25, 0.3) is 65.9 Å². The number of furan rings is 2. The normalized spacial score (nSPS) is 12.1. The first kappa shape index (κ1) is 38.0. The summed E-state index contributed by atoms with van der Waals surface area (Å²) in [6.45, 7) is 14.6. The van der Waals surface area contributed by atoms with Gasteiger partial charge in [0, 0.05) is 65.8 Å². The summed E-state index contributed by atoms with van der Waals surface area (Å²) in [5, 5.41) is 16.3. The van der Waals surface area contributed by atoms with Crippen molar-refractivity contribution in [3.05, 3.63) is 102 Å². The standard InChI is InChI=1S/C32H24NO2.C13H24O2.Ir/c1-18(2)14-20-8-9-22-24-11-10-23-25(31(24)35-29(22)17-20)12-13-33-30(23)27-16-19(3)15-26-21-6-4-5-7-28(21)34-32(26)27;1-5-10(6-2)12(14)9-13(15)11(7-3)8-4;/h4-13,15,17-18H,14H2,1-3H3;9-11,14H,5-8H2,1-4H3;/q-1;;/b;12-9-;. The fourth-order valence-electron chi connectivity index (χ4n) is 7.18. The monoisotopic (exact) mass is 859 g/mol. The zero-order valence-corrected chi connectivity index (χ0v) is 33.1. The van der Waals surface area contributed by atoms with Gasteiger partial charge in [-0.15, -0.1) is 17.7 Å². The van der Waals surface area contributed by atoms with E-state index in [-0.39, 0.29) is 43.5 Å². The number of hydrogen-bond acceptors (Lipinski definition) is 5. The molecular formula is C45H48IrNO4-. The molecule has 267 valence electrons. The van der Waals surface area contributed by atoms with Crippen molar-refractivity contribution in [2.45, 2.75) is 80.6 Å². The van der Waals surface area contributed by atoms with Crippen molar-refractivity contribution >= 4 is 60.4 Å². The summed E-state index contributed by atoms with van der Waals surface area (Å²) in [7, 11) is 0. The van der Waals surface area contributed by atoms with Gasteiger partial charge in [0.05, 0.1) is 11.3 Å². The number of pyridine rings is 1. The molecule has 0 saturated carbocycles. The number of ketones is 1. The molecule has 0 amide bonds. The number of aromatic nitrogens is 1. The van der Waals surface area contributed by atoms with Crippen molar-refractivity contribution in [3.8, 4) is 11.3 Å². The molecule has 0 spiro atoms. The van der Waals surface area contributed by atoms with Gasteiger partial charge >= 0.3 is 0 Å². The summed E-state index contributed by atoms with van der Waals surface area (Å²) in [5.74, 6) is 1.15. The molecular weight excluding hydrogens is 811 g/mol. The number of rotatable bonds is 10. The summed E-state index contributed by atoms with van der Waals surface area (Å²) in [6, 6.07) is 26.8. The van der Waals surface area contributed by atoms with Crippen LogP contribution in [0.3, 0.4) is 0 Å². The zero-order valence-electron chi connectivity index (χ0n) is 30.7. The van der Waals surface area contributed by atoms with Crippen LogP contribution in [0.15, 0.2) is 93.6 Å². The fourth-order valence-corrected chi connectivity index (χ4v) is 7.18. The molecule has 0 atom stereocenters. The van der Waals surface area contributed by atoms with Crippen LogP contribution in [0.2, 0.25) is 0 Å². The van der Waals surface area contributed by atoms with Gasteiger partial charge in [0.2, 0.25) is 0 Å². The summed E-state index contributed by atoms with van der Waals surface area (Å²) in [5.41, 5.74) is 7.64. The third-order valence-electron chi connectivity index (χ3n) is 9.95. The average molecular weight is 859 g/mol. The number of carbonyl (C=O) groups excluding carboxylic acids is 1. The van der Waals surface area contributed by atoms with Crippen LogP contribution in [0.4, 0.5) is 0 Å². The molecule has 0 fully saturated rings. The Morgan fingerprint density at radius 3 is 2.10 bits per heavy atom. The number of aliphatic hydroxyl groups is 1. The number of nitrogens with zero attached hydrogens (tertiary/aromatic N) is 1. The van der Waals surface area contributed by atoms with Gasteiger partial charge in [-0.3, -0.25) is 4.79 Å². The van der Waals surface area contributed by atoms with Gasteiger partial charge in [-0.2, -0.15) is 0 Å². The van der Waals surface area contributed by atoms with Crippen molar-refractivity contribution in [2.75, 3.05) is 0 Å². The topological polar surface area (TPSA) is 76.5 Å². The molecule has 0 saturated heterocycles. The number of aryl methyl sites for hydroxylation is 1. The Kier molecular flexibility index (Phi) is 12.2. The molecule has 3 aromatic heterocycles. The number of carbonyl (C=O) groups is 1. The SMILES string of the molecule is CCC(CC)C(=O)/C=C(\O)C(CC)CC.Cc1[c-]c(-c2nccc3c2ccc2c4ccc(CC(C)C)cc4oc32)c2oc3ccccc3c2c1.[Ir]. The molecule has 0 aliphatic heterocycles. The van der Waals surface area contributed by atoms with Crippen molar-refractivity contribution < 1.29 is 38.8 Å². The molecule has 1 radical (unpaired) electrons. The maximum absolute atomic E-state index is 11.7. The van der Waals surface area contributed by atoms with E-state index in [0.717, 1.165) is 104 Å². The van der Waals surface area contributed by atoms with Crippen LogP contribution in [0, 0.1) is 30.7 Å². The van der Waals surface area contributed by atoms with Gasteiger partial charge in [-0.05, 0) is 72.9 Å². The van der Waals surface area contributed by atoms with Crippen LogP contribution in [0.5, 0.6) is 0 Å². The maximum atomic E-state index is 11.7. The summed E-state index contributed by atoms with van der Waals surface area (Å²) >= 11 is 0. The summed E-state index contributed by atoms with van der Waals surface area (Å²) < 4.78 is 12.8. The second kappa shape index (κ2) is 16.4. The van der Waals surface area contributed by atoms with E-state index in [1.54, 1.807) is 0 Å². The predicted molar refractivity (Wildman–Crippen MR) is 208 cm³/mol.